The average Bonchev–Trinajstić information content (AvgIpc) is 3.07. The Morgan fingerprint density at radius 2 is 1.86 bits per heavy atom. The summed E-state index contributed by atoms with van der Waals surface area (Å²) in [6, 6.07) is 18.0. The Morgan fingerprint density at radius 1 is 1.14 bits per heavy atom. The maximum Gasteiger partial charge on any atom is 0.265 e. The molecule has 28 heavy (non-hydrogen) atoms. The topological polar surface area (TPSA) is 42.4 Å². The molecule has 0 saturated heterocycles. The monoisotopic (exact) mass is 392 g/mol. The molecule has 0 atom stereocenters. The van der Waals surface area contributed by atoms with Crippen LogP contribution in [-0.2, 0) is 13.0 Å². The number of aromatic nitrogens is 1. The van der Waals surface area contributed by atoms with Crippen LogP contribution >= 0.6 is 11.3 Å². The molecule has 0 unspecified atom stereocenters. The fourth-order valence-corrected chi connectivity index (χ4v) is 3.96. The van der Waals surface area contributed by atoms with Gasteiger partial charge in [0.2, 0.25) is 0 Å². The number of amides is 1. The highest BCUT2D eigenvalue weighted by Gasteiger charge is 2.19. The number of carbonyl (C=O) groups excluding carboxylic acids is 1. The Balaban J connectivity index is 1.65. The molecular formula is C23H24N2O2S. The van der Waals surface area contributed by atoms with E-state index in [1.54, 1.807) is 11.0 Å². The molecule has 0 aliphatic carbocycles. The number of aryl methyl sites for hydroxylation is 1. The second-order valence-corrected chi connectivity index (χ2v) is 7.67. The predicted octanol–water partition coefficient (Wildman–Crippen LogP) is 4.88. The molecule has 0 fully saturated rings. The quantitative estimate of drug-likeness (QED) is 0.513. The van der Waals surface area contributed by atoms with E-state index in [0.717, 1.165) is 28.4 Å². The van der Waals surface area contributed by atoms with Gasteiger partial charge in [0.05, 0.1) is 10.7 Å². The third kappa shape index (κ3) is 5.08. The van der Waals surface area contributed by atoms with E-state index in [-0.39, 0.29) is 5.91 Å². The van der Waals surface area contributed by atoms with Crippen molar-refractivity contribution in [1.82, 2.24) is 9.88 Å². The minimum absolute atomic E-state index is 0.00120. The van der Waals surface area contributed by atoms with Gasteiger partial charge in [0.15, 0.2) is 0 Å². The zero-order valence-corrected chi connectivity index (χ0v) is 17.0. The van der Waals surface area contributed by atoms with Crippen LogP contribution in [0.1, 0.15) is 31.5 Å². The van der Waals surface area contributed by atoms with Crippen molar-refractivity contribution in [3.05, 3.63) is 94.0 Å². The van der Waals surface area contributed by atoms with Gasteiger partial charge in [-0.1, -0.05) is 55.1 Å². The summed E-state index contributed by atoms with van der Waals surface area (Å²) in [5.41, 5.74) is 3.04. The molecule has 0 spiro atoms. The molecule has 0 bridgehead atoms. The van der Waals surface area contributed by atoms with Gasteiger partial charge in [-0.2, -0.15) is 0 Å². The first-order valence-corrected chi connectivity index (χ1v) is 9.97. The Kier molecular flexibility index (Phi) is 6.61. The molecule has 0 radical (unpaired) electrons. The largest absolute Gasteiger partial charge is 0.490 e. The zero-order chi connectivity index (χ0) is 19.9. The van der Waals surface area contributed by atoms with E-state index in [9.17, 15) is 4.79 Å². The van der Waals surface area contributed by atoms with Crippen molar-refractivity contribution in [2.45, 2.75) is 19.9 Å². The lowest BCUT2D eigenvalue weighted by Crippen LogP contribution is -2.26. The Labute approximate surface area is 170 Å². The Morgan fingerprint density at radius 3 is 2.54 bits per heavy atom. The first-order chi connectivity index (χ1) is 13.6. The van der Waals surface area contributed by atoms with E-state index in [1.807, 2.05) is 56.4 Å². The molecule has 144 valence electrons. The zero-order valence-electron chi connectivity index (χ0n) is 16.2. The van der Waals surface area contributed by atoms with Crippen LogP contribution in [0.25, 0.3) is 0 Å². The highest BCUT2D eigenvalue weighted by molar-refractivity contribution is 7.13. The van der Waals surface area contributed by atoms with Crippen LogP contribution < -0.4 is 4.74 Å². The lowest BCUT2D eigenvalue weighted by atomic mass is 10.2. The van der Waals surface area contributed by atoms with Crippen molar-refractivity contribution >= 4 is 17.2 Å². The van der Waals surface area contributed by atoms with Gasteiger partial charge in [0.25, 0.3) is 5.91 Å². The molecule has 3 aromatic rings. The van der Waals surface area contributed by atoms with Crippen molar-refractivity contribution in [3.8, 4) is 5.75 Å². The number of thiazole rings is 1. The summed E-state index contributed by atoms with van der Waals surface area (Å²) in [7, 11) is 1.82. The minimum Gasteiger partial charge on any atom is -0.490 e. The molecule has 0 aliphatic rings. The van der Waals surface area contributed by atoms with E-state index in [0.29, 0.717) is 18.0 Å². The normalized spacial score (nSPS) is 10.5. The summed E-state index contributed by atoms with van der Waals surface area (Å²) in [5.74, 6) is 0.794. The number of hydrogen-bond acceptors (Lipinski definition) is 4. The summed E-state index contributed by atoms with van der Waals surface area (Å²) in [6.45, 7) is 6.55. The fourth-order valence-electron chi connectivity index (χ4n) is 2.86. The SMILES string of the molecule is C=CCOc1ccc(CN(C)C(=O)c2sc(Cc3ccccc3)nc2C)cc1. The number of rotatable bonds is 8. The van der Waals surface area contributed by atoms with Crippen LogP contribution in [0.3, 0.4) is 0 Å². The summed E-state index contributed by atoms with van der Waals surface area (Å²) in [4.78, 5) is 19.9. The van der Waals surface area contributed by atoms with Gasteiger partial charge >= 0.3 is 0 Å². The van der Waals surface area contributed by atoms with E-state index < -0.39 is 0 Å². The molecule has 2 aromatic carbocycles. The molecule has 3 rings (SSSR count). The molecule has 0 saturated carbocycles. The van der Waals surface area contributed by atoms with Crippen LogP contribution in [0.4, 0.5) is 0 Å². The molecule has 0 N–H and O–H groups in total. The van der Waals surface area contributed by atoms with Gasteiger partial charge in [-0.15, -0.1) is 11.3 Å². The average molecular weight is 393 g/mol. The third-order valence-corrected chi connectivity index (χ3v) is 5.44. The maximum absolute atomic E-state index is 12.9. The van der Waals surface area contributed by atoms with E-state index >= 15 is 0 Å². The van der Waals surface area contributed by atoms with Crippen LogP contribution in [-0.4, -0.2) is 29.4 Å². The number of ether oxygens (including phenoxy) is 1. The lowest BCUT2D eigenvalue weighted by molar-refractivity contribution is 0.0789. The highest BCUT2D eigenvalue weighted by Crippen LogP contribution is 2.23. The first-order valence-electron chi connectivity index (χ1n) is 9.15. The van der Waals surface area contributed by atoms with Gasteiger partial charge in [0.1, 0.15) is 17.2 Å². The van der Waals surface area contributed by atoms with Gasteiger partial charge in [-0.3, -0.25) is 4.79 Å². The Hall–Kier alpha value is -2.92. The fraction of sp³-hybridized carbons (Fsp3) is 0.217. The molecule has 5 heteroatoms. The summed E-state index contributed by atoms with van der Waals surface area (Å²) < 4.78 is 5.49. The van der Waals surface area contributed by atoms with E-state index in [2.05, 4.69) is 23.7 Å². The second-order valence-electron chi connectivity index (χ2n) is 6.59. The predicted molar refractivity (Wildman–Crippen MR) is 114 cm³/mol. The van der Waals surface area contributed by atoms with E-state index in [4.69, 9.17) is 4.74 Å². The number of benzene rings is 2. The van der Waals surface area contributed by atoms with Gasteiger partial charge in [-0.05, 0) is 30.2 Å². The van der Waals surface area contributed by atoms with Crippen molar-refractivity contribution in [1.29, 1.82) is 0 Å². The second kappa shape index (κ2) is 9.33. The highest BCUT2D eigenvalue weighted by atomic mass is 32.1. The minimum atomic E-state index is 0.00120. The summed E-state index contributed by atoms with van der Waals surface area (Å²) >= 11 is 1.48. The van der Waals surface area contributed by atoms with Gasteiger partial charge < -0.3 is 9.64 Å². The van der Waals surface area contributed by atoms with Crippen LogP contribution in [0.2, 0.25) is 0 Å². The molecule has 1 heterocycles. The maximum atomic E-state index is 12.9. The van der Waals surface area contributed by atoms with Gasteiger partial charge in [-0.25, -0.2) is 4.98 Å². The van der Waals surface area contributed by atoms with Crippen molar-refractivity contribution in [2.24, 2.45) is 0 Å². The smallest absolute Gasteiger partial charge is 0.265 e. The van der Waals surface area contributed by atoms with E-state index in [1.165, 1.54) is 16.9 Å². The molecule has 1 amide bonds. The molecule has 4 nitrogen and oxygen atoms in total. The van der Waals surface area contributed by atoms with Crippen LogP contribution in [0.15, 0.2) is 67.3 Å². The lowest BCUT2D eigenvalue weighted by Gasteiger charge is -2.17. The molecular weight excluding hydrogens is 368 g/mol. The number of hydrogen-bond donors (Lipinski definition) is 0. The molecule has 0 aliphatic heterocycles. The van der Waals surface area contributed by atoms with Crippen molar-refractivity contribution in [3.63, 3.8) is 0 Å². The number of nitrogens with zero attached hydrogens (tertiary/aromatic N) is 2. The summed E-state index contributed by atoms with van der Waals surface area (Å²) in [5, 5.41) is 0.962. The van der Waals surface area contributed by atoms with Gasteiger partial charge in [0, 0.05) is 20.0 Å². The third-order valence-electron chi connectivity index (χ3n) is 4.29. The van der Waals surface area contributed by atoms with Crippen molar-refractivity contribution < 1.29 is 9.53 Å². The Bertz CT molecular complexity index is 933. The molecule has 1 aromatic heterocycles. The summed E-state index contributed by atoms with van der Waals surface area (Å²) in [6.07, 6.45) is 2.46. The van der Waals surface area contributed by atoms with Crippen molar-refractivity contribution in [2.75, 3.05) is 13.7 Å². The number of carbonyl (C=O) groups is 1. The van der Waals surface area contributed by atoms with Crippen LogP contribution in [0.5, 0.6) is 5.75 Å². The van der Waals surface area contributed by atoms with Crippen LogP contribution in [0, 0.1) is 6.92 Å². The standard InChI is InChI=1S/C23H24N2O2S/c1-4-14-27-20-12-10-19(11-13-20)16-25(3)23(26)22-17(2)24-21(28-22)15-18-8-6-5-7-9-18/h4-13H,1,14-16H2,2-3H3. The first kappa shape index (κ1) is 19.8.